The number of hydrogen-bond acceptors (Lipinski definition) is 2. The van der Waals surface area contributed by atoms with E-state index in [0.29, 0.717) is 5.92 Å². The maximum atomic E-state index is 8.99. The number of nitrogens with zero attached hydrogens (tertiary/aromatic N) is 1. The topological polar surface area (TPSA) is 23.5 Å². The number of aliphatic hydroxyl groups is 1. The molecule has 2 nitrogen and oxygen atoms in total. The van der Waals surface area contributed by atoms with E-state index in [1.165, 1.54) is 0 Å². The van der Waals surface area contributed by atoms with Gasteiger partial charge in [-0.05, 0) is 19.9 Å². The second kappa shape index (κ2) is 4.69. The van der Waals surface area contributed by atoms with Crippen molar-refractivity contribution in [3.8, 4) is 0 Å². The Kier molecular flexibility index (Phi) is 4.65. The Morgan fingerprint density at radius 3 is 2.00 bits per heavy atom. The summed E-state index contributed by atoms with van der Waals surface area (Å²) in [6.07, 6.45) is -0.205. The molecular weight excluding hydrogens is 126 g/mol. The monoisotopic (exact) mass is 145 g/mol. The van der Waals surface area contributed by atoms with E-state index in [-0.39, 0.29) is 6.10 Å². The van der Waals surface area contributed by atoms with Gasteiger partial charge in [-0.2, -0.15) is 0 Å². The third-order valence-electron chi connectivity index (χ3n) is 1.25. The van der Waals surface area contributed by atoms with Crippen molar-refractivity contribution in [2.45, 2.75) is 26.9 Å². The molecule has 1 atom stereocenters. The summed E-state index contributed by atoms with van der Waals surface area (Å²) in [5, 5.41) is 8.99. The van der Waals surface area contributed by atoms with Crippen molar-refractivity contribution in [3.63, 3.8) is 0 Å². The fourth-order valence-corrected chi connectivity index (χ4v) is 1.15. The lowest BCUT2D eigenvalue weighted by molar-refractivity contribution is 0.135. The Balaban J connectivity index is 3.34. The molecule has 2 heteroatoms. The van der Waals surface area contributed by atoms with Crippen LogP contribution in [0.15, 0.2) is 0 Å². The Bertz CT molecular complexity index is 71.3. The summed E-state index contributed by atoms with van der Waals surface area (Å²) in [7, 11) is 2.03. The summed E-state index contributed by atoms with van der Waals surface area (Å²) < 4.78 is 0. The molecular formula is C8H19NO. The second-order valence-electron chi connectivity index (χ2n) is 3.46. The molecule has 0 fully saturated rings. The fourth-order valence-electron chi connectivity index (χ4n) is 1.15. The highest BCUT2D eigenvalue weighted by Crippen LogP contribution is 1.96. The SMILES string of the molecule is CC(C)CN(C)C[C@@H](C)O. The lowest BCUT2D eigenvalue weighted by Crippen LogP contribution is -2.30. The number of likely N-dealkylation sites (N-methyl/N-ethyl adjacent to an activating group) is 1. The van der Waals surface area contributed by atoms with Crippen molar-refractivity contribution >= 4 is 0 Å². The van der Waals surface area contributed by atoms with Crippen LogP contribution in [-0.2, 0) is 0 Å². The molecule has 62 valence electrons. The zero-order valence-corrected chi connectivity index (χ0v) is 7.46. The van der Waals surface area contributed by atoms with Gasteiger partial charge in [0.05, 0.1) is 6.10 Å². The van der Waals surface area contributed by atoms with Gasteiger partial charge in [-0.1, -0.05) is 13.8 Å². The van der Waals surface area contributed by atoms with Crippen molar-refractivity contribution in [2.24, 2.45) is 5.92 Å². The molecule has 1 N–H and O–H groups in total. The molecule has 0 aromatic rings. The van der Waals surface area contributed by atoms with Crippen LogP contribution >= 0.6 is 0 Å². The minimum absolute atomic E-state index is 0.205. The van der Waals surface area contributed by atoms with Gasteiger partial charge >= 0.3 is 0 Å². The number of aliphatic hydroxyl groups excluding tert-OH is 1. The van der Waals surface area contributed by atoms with Crippen molar-refractivity contribution in [1.82, 2.24) is 4.90 Å². The Hall–Kier alpha value is -0.0800. The molecule has 0 aliphatic heterocycles. The zero-order chi connectivity index (χ0) is 8.15. The second-order valence-corrected chi connectivity index (χ2v) is 3.46. The van der Waals surface area contributed by atoms with Crippen LogP contribution in [0.4, 0.5) is 0 Å². The van der Waals surface area contributed by atoms with Gasteiger partial charge in [-0.15, -0.1) is 0 Å². The molecule has 0 unspecified atom stereocenters. The van der Waals surface area contributed by atoms with Crippen LogP contribution in [0.25, 0.3) is 0 Å². The van der Waals surface area contributed by atoms with E-state index in [9.17, 15) is 0 Å². The summed E-state index contributed by atoms with van der Waals surface area (Å²) >= 11 is 0. The summed E-state index contributed by atoms with van der Waals surface area (Å²) in [4.78, 5) is 2.15. The predicted molar refractivity (Wildman–Crippen MR) is 44.0 cm³/mol. The maximum Gasteiger partial charge on any atom is 0.0638 e. The highest BCUT2D eigenvalue weighted by molar-refractivity contribution is 4.57. The maximum absolute atomic E-state index is 8.99. The molecule has 0 bridgehead atoms. The molecule has 0 radical (unpaired) electrons. The van der Waals surface area contributed by atoms with Crippen molar-refractivity contribution < 1.29 is 5.11 Å². The highest BCUT2D eigenvalue weighted by atomic mass is 16.3. The van der Waals surface area contributed by atoms with E-state index < -0.39 is 0 Å². The normalized spacial score (nSPS) is 14.7. The standard InChI is InChI=1S/C8H19NO/c1-7(2)5-9(4)6-8(3)10/h7-8,10H,5-6H2,1-4H3/t8-/m1/s1. The largest absolute Gasteiger partial charge is 0.392 e. The number of rotatable bonds is 4. The molecule has 0 heterocycles. The molecule has 0 spiro atoms. The summed E-state index contributed by atoms with van der Waals surface area (Å²) in [6, 6.07) is 0. The van der Waals surface area contributed by atoms with Gasteiger partial charge in [0.25, 0.3) is 0 Å². The molecule has 0 amide bonds. The van der Waals surface area contributed by atoms with Crippen LogP contribution in [0, 0.1) is 5.92 Å². The molecule has 0 saturated heterocycles. The molecule has 0 aromatic heterocycles. The van der Waals surface area contributed by atoms with Gasteiger partial charge in [-0.25, -0.2) is 0 Å². The van der Waals surface area contributed by atoms with Crippen LogP contribution in [0.5, 0.6) is 0 Å². The molecule has 0 aromatic carbocycles. The lowest BCUT2D eigenvalue weighted by Gasteiger charge is -2.19. The van der Waals surface area contributed by atoms with Crippen molar-refractivity contribution in [1.29, 1.82) is 0 Å². The number of hydrogen-bond donors (Lipinski definition) is 1. The van der Waals surface area contributed by atoms with Gasteiger partial charge in [0.15, 0.2) is 0 Å². The third kappa shape index (κ3) is 6.05. The smallest absolute Gasteiger partial charge is 0.0638 e. The first kappa shape index (κ1) is 9.92. The average Bonchev–Trinajstić information content (AvgIpc) is 1.58. The van der Waals surface area contributed by atoms with Crippen LogP contribution < -0.4 is 0 Å². The first-order chi connectivity index (χ1) is 4.52. The zero-order valence-electron chi connectivity index (χ0n) is 7.46. The van der Waals surface area contributed by atoms with Gasteiger partial charge in [0.2, 0.25) is 0 Å². The van der Waals surface area contributed by atoms with E-state index in [2.05, 4.69) is 18.7 Å². The summed E-state index contributed by atoms with van der Waals surface area (Å²) in [5.74, 6) is 0.684. The van der Waals surface area contributed by atoms with Crippen molar-refractivity contribution in [2.75, 3.05) is 20.1 Å². The summed E-state index contributed by atoms with van der Waals surface area (Å²) in [5.41, 5.74) is 0. The van der Waals surface area contributed by atoms with Gasteiger partial charge in [0, 0.05) is 13.1 Å². The quantitative estimate of drug-likeness (QED) is 0.637. The third-order valence-corrected chi connectivity index (χ3v) is 1.25. The molecule has 0 aliphatic carbocycles. The van der Waals surface area contributed by atoms with E-state index in [4.69, 9.17) is 5.11 Å². The van der Waals surface area contributed by atoms with Gasteiger partial charge in [0.1, 0.15) is 0 Å². The Morgan fingerprint density at radius 2 is 1.70 bits per heavy atom. The molecule has 10 heavy (non-hydrogen) atoms. The van der Waals surface area contributed by atoms with Crippen LogP contribution in [0.3, 0.4) is 0 Å². The minimum atomic E-state index is -0.205. The highest BCUT2D eigenvalue weighted by Gasteiger charge is 2.03. The summed E-state index contributed by atoms with van der Waals surface area (Å²) in [6.45, 7) is 8.01. The Labute approximate surface area is 63.8 Å². The molecule has 0 aliphatic rings. The van der Waals surface area contributed by atoms with Crippen LogP contribution in [0.2, 0.25) is 0 Å². The molecule has 0 saturated carbocycles. The van der Waals surface area contributed by atoms with Crippen LogP contribution in [0.1, 0.15) is 20.8 Å². The first-order valence-electron chi connectivity index (χ1n) is 3.89. The van der Waals surface area contributed by atoms with Gasteiger partial charge < -0.3 is 10.0 Å². The molecule has 0 rings (SSSR count). The average molecular weight is 145 g/mol. The minimum Gasteiger partial charge on any atom is -0.392 e. The first-order valence-corrected chi connectivity index (χ1v) is 3.89. The van der Waals surface area contributed by atoms with E-state index in [1.807, 2.05) is 14.0 Å². The Morgan fingerprint density at radius 1 is 1.20 bits per heavy atom. The van der Waals surface area contributed by atoms with Gasteiger partial charge in [-0.3, -0.25) is 0 Å². The fraction of sp³-hybridized carbons (Fsp3) is 1.00. The lowest BCUT2D eigenvalue weighted by atomic mass is 10.2. The van der Waals surface area contributed by atoms with E-state index in [0.717, 1.165) is 13.1 Å². The van der Waals surface area contributed by atoms with Crippen LogP contribution in [-0.4, -0.2) is 36.2 Å². The van der Waals surface area contributed by atoms with Crippen molar-refractivity contribution in [3.05, 3.63) is 0 Å². The van der Waals surface area contributed by atoms with E-state index >= 15 is 0 Å². The van der Waals surface area contributed by atoms with E-state index in [1.54, 1.807) is 0 Å². The predicted octanol–water partition coefficient (Wildman–Crippen LogP) is 0.955.